The summed E-state index contributed by atoms with van der Waals surface area (Å²) in [5.41, 5.74) is 1.67. The summed E-state index contributed by atoms with van der Waals surface area (Å²) in [6.45, 7) is 1.47. The van der Waals surface area contributed by atoms with Gasteiger partial charge in [-0.05, 0) is 36.8 Å². The Morgan fingerprint density at radius 3 is 2.34 bits per heavy atom. The van der Waals surface area contributed by atoms with Crippen molar-refractivity contribution < 1.29 is 28.6 Å². The first-order valence-electron chi connectivity index (χ1n) is 9.09. The fraction of sp³-hybridized carbons (Fsp3) is 0.227. The monoisotopic (exact) mass is 395 g/mol. The van der Waals surface area contributed by atoms with Gasteiger partial charge in [-0.2, -0.15) is 0 Å². The third kappa shape index (κ3) is 4.45. The maximum atomic E-state index is 12.3. The summed E-state index contributed by atoms with van der Waals surface area (Å²) in [5, 5.41) is 0. The molecule has 1 aliphatic heterocycles. The molecule has 0 saturated heterocycles. The van der Waals surface area contributed by atoms with Gasteiger partial charge in [-0.25, -0.2) is 4.79 Å². The SMILES string of the molecule is C/C=C/c1ccc(OCC(=O)OCCN2C(=O)c3ccccc3C2=O)c(OC)c1. The molecule has 0 atom stereocenters. The number of benzene rings is 2. The second-order valence-electron chi connectivity index (χ2n) is 6.23. The Kier molecular flexibility index (Phi) is 6.29. The van der Waals surface area contributed by atoms with Crippen LogP contribution in [0, 0.1) is 0 Å². The number of ether oxygens (including phenoxy) is 3. The van der Waals surface area contributed by atoms with Crippen LogP contribution >= 0.6 is 0 Å². The number of methoxy groups -OCH3 is 1. The maximum absolute atomic E-state index is 12.3. The van der Waals surface area contributed by atoms with E-state index in [0.717, 1.165) is 10.5 Å². The van der Waals surface area contributed by atoms with Crippen LogP contribution < -0.4 is 9.47 Å². The van der Waals surface area contributed by atoms with E-state index in [4.69, 9.17) is 14.2 Å². The lowest BCUT2D eigenvalue weighted by molar-refractivity contribution is -0.146. The van der Waals surface area contributed by atoms with Crippen molar-refractivity contribution in [3.63, 3.8) is 0 Å². The van der Waals surface area contributed by atoms with Gasteiger partial charge in [-0.3, -0.25) is 14.5 Å². The van der Waals surface area contributed by atoms with E-state index in [1.165, 1.54) is 7.11 Å². The standard InChI is InChI=1S/C22H21NO6/c1-3-6-15-9-10-18(19(13-15)27-2)29-14-20(24)28-12-11-23-21(25)16-7-4-5-8-17(16)22(23)26/h3-10,13H,11-12,14H2,1-2H3/b6-3+. The van der Waals surface area contributed by atoms with Gasteiger partial charge in [0.2, 0.25) is 0 Å². The molecular weight excluding hydrogens is 374 g/mol. The van der Waals surface area contributed by atoms with Crippen LogP contribution in [0.2, 0.25) is 0 Å². The van der Waals surface area contributed by atoms with E-state index in [1.807, 2.05) is 25.1 Å². The van der Waals surface area contributed by atoms with Crippen molar-refractivity contribution >= 4 is 23.9 Å². The third-order valence-corrected chi connectivity index (χ3v) is 4.35. The highest BCUT2D eigenvalue weighted by atomic mass is 16.6. The van der Waals surface area contributed by atoms with Gasteiger partial charge in [0.05, 0.1) is 24.8 Å². The van der Waals surface area contributed by atoms with Gasteiger partial charge in [-0.15, -0.1) is 0 Å². The van der Waals surface area contributed by atoms with Gasteiger partial charge in [0.25, 0.3) is 11.8 Å². The first-order chi connectivity index (χ1) is 14.0. The maximum Gasteiger partial charge on any atom is 0.344 e. The van der Waals surface area contributed by atoms with E-state index in [9.17, 15) is 14.4 Å². The third-order valence-electron chi connectivity index (χ3n) is 4.35. The lowest BCUT2D eigenvalue weighted by Gasteiger charge is -2.14. The zero-order chi connectivity index (χ0) is 20.8. The molecule has 3 rings (SSSR count). The summed E-state index contributed by atoms with van der Waals surface area (Å²) in [4.78, 5) is 37.5. The van der Waals surface area contributed by atoms with Crippen LogP contribution in [0.5, 0.6) is 11.5 Å². The zero-order valence-corrected chi connectivity index (χ0v) is 16.2. The fourth-order valence-corrected chi connectivity index (χ4v) is 2.97. The van der Waals surface area contributed by atoms with Gasteiger partial charge in [0.15, 0.2) is 18.1 Å². The quantitative estimate of drug-likeness (QED) is 0.505. The molecule has 0 unspecified atom stereocenters. The lowest BCUT2D eigenvalue weighted by atomic mass is 10.1. The van der Waals surface area contributed by atoms with E-state index < -0.39 is 5.97 Å². The second-order valence-corrected chi connectivity index (χ2v) is 6.23. The highest BCUT2D eigenvalue weighted by Gasteiger charge is 2.34. The fourth-order valence-electron chi connectivity index (χ4n) is 2.97. The first kappa shape index (κ1) is 20.1. The van der Waals surface area contributed by atoms with Crippen LogP contribution in [0.25, 0.3) is 6.08 Å². The first-order valence-corrected chi connectivity index (χ1v) is 9.09. The van der Waals surface area contributed by atoms with Crippen LogP contribution in [0.4, 0.5) is 0 Å². The van der Waals surface area contributed by atoms with E-state index >= 15 is 0 Å². The van der Waals surface area contributed by atoms with Gasteiger partial charge < -0.3 is 14.2 Å². The number of imide groups is 1. The summed E-state index contributed by atoms with van der Waals surface area (Å²) in [6.07, 6.45) is 3.82. The van der Waals surface area contributed by atoms with Gasteiger partial charge >= 0.3 is 5.97 Å². The average Bonchev–Trinajstić information content (AvgIpc) is 2.98. The predicted molar refractivity (Wildman–Crippen MR) is 106 cm³/mol. The van der Waals surface area contributed by atoms with Gasteiger partial charge in [0, 0.05) is 0 Å². The number of hydrogen-bond donors (Lipinski definition) is 0. The molecule has 0 aliphatic carbocycles. The molecule has 29 heavy (non-hydrogen) atoms. The topological polar surface area (TPSA) is 82.1 Å². The molecule has 1 heterocycles. The number of esters is 1. The smallest absolute Gasteiger partial charge is 0.344 e. The molecule has 0 bridgehead atoms. The van der Waals surface area contributed by atoms with Gasteiger partial charge in [-0.1, -0.05) is 30.4 Å². The molecule has 2 aromatic rings. The highest BCUT2D eigenvalue weighted by molar-refractivity contribution is 6.21. The Balaban J connectivity index is 1.49. The van der Waals surface area contributed by atoms with Crippen LogP contribution in [0.1, 0.15) is 33.2 Å². The largest absolute Gasteiger partial charge is 0.493 e. The van der Waals surface area contributed by atoms with E-state index in [0.29, 0.717) is 22.6 Å². The molecule has 2 amide bonds. The van der Waals surface area contributed by atoms with E-state index in [1.54, 1.807) is 36.4 Å². The summed E-state index contributed by atoms with van der Waals surface area (Å²) >= 11 is 0. The number of allylic oxidation sites excluding steroid dienone is 1. The molecular formula is C22H21NO6. The number of nitrogens with zero attached hydrogens (tertiary/aromatic N) is 1. The summed E-state index contributed by atoms with van der Waals surface area (Å²) in [7, 11) is 1.52. The highest BCUT2D eigenvalue weighted by Crippen LogP contribution is 2.28. The molecule has 0 fully saturated rings. The minimum Gasteiger partial charge on any atom is -0.493 e. The van der Waals surface area contributed by atoms with Gasteiger partial charge in [0.1, 0.15) is 6.61 Å². The van der Waals surface area contributed by atoms with E-state index in [2.05, 4.69) is 0 Å². The van der Waals surface area contributed by atoms with Crippen molar-refractivity contribution in [2.45, 2.75) is 6.92 Å². The van der Waals surface area contributed by atoms with Crippen LogP contribution in [-0.2, 0) is 9.53 Å². The number of amides is 2. The van der Waals surface area contributed by atoms with Crippen molar-refractivity contribution in [2.75, 3.05) is 26.9 Å². The number of fused-ring (bicyclic) bond motifs is 1. The molecule has 7 heteroatoms. The van der Waals surface area contributed by atoms with Crippen LogP contribution in [-0.4, -0.2) is 49.6 Å². The van der Waals surface area contributed by atoms with Crippen LogP contribution in [0.3, 0.4) is 0 Å². The molecule has 1 aliphatic rings. The minimum atomic E-state index is -0.610. The summed E-state index contributed by atoms with van der Waals surface area (Å²) < 4.78 is 15.8. The van der Waals surface area contributed by atoms with Crippen molar-refractivity contribution in [3.8, 4) is 11.5 Å². The van der Waals surface area contributed by atoms with E-state index in [-0.39, 0.29) is 31.6 Å². The van der Waals surface area contributed by atoms with Crippen molar-refractivity contribution in [1.82, 2.24) is 4.90 Å². The summed E-state index contributed by atoms with van der Waals surface area (Å²) in [5.74, 6) is -0.466. The molecule has 7 nitrogen and oxygen atoms in total. The van der Waals surface area contributed by atoms with Crippen LogP contribution in [0.15, 0.2) is 48.5 Å². The zero-order valence-electron chi connectivity index (χ0n) is 16.2. The molecule has 0 radical (unpaired) electrons. The number of carbonyl (C=O) groups excluding carboxylic acids is 3. The predicted octanol–water partition coefficient (Wildman–Crippen LogP) is 2.95. The normalized spacial score (nSPS) is 13.0. The molecule has 150 valence electrons. The average molecular weight is 395 g/mol. The summed E-state index contributed by atoms with van der Waals surface area (Å²) in [6, 6.07) is 11.9. The Morgan fingerprint density at radius 2 is 1.72 bits per heavy atom. The minimum absolute atomic E-state index is 0.0144. The lowest BCUT2D eigenvalue weighted by Crippen LogP contribution is -2.34. The number of hydrogen-bond acceptors (Lipinski definition) is 6. The van der Waals surface area contributed by atoms with Crippen molar-refractivity contribution in [2.24, 2.45) is 0 Å². The van der Waals surface area contributed by atoms with Crippen molar-refractivity contribution in [3.05, 3.63) is 65.2 Å². The Hall–Kier alpha value is -3.61. The molecule has 0 N–H and O–H groups in total. The second kappa shape index (κ2) is 9.05. The number of carbonyl (C=O) groups is 3. The Morgan fingerprint density at radius 1 is 1.03 bits per heavy atom. The molecule has 0 saturated carbocycles. The molecule has 0 spiro atoms. The number of rotatable bonds is 8. The molecule has 0 aromatic heterocycles. The Bertz CT molecular complexity index is 931. The van der Waals surface area contributed by atoms with Crippen molar-refractivity contribution in [1.29, 1.82) is 0 Å². The molecule has 2 aromatic carbocycles. The Labute approximate surface area is 168 Å².